The van der Waals surface area contributed by atoms with Crippen LogP contribution in [0.4, 0.5) is 0 Å². The van der Waals surface area contributed by atoms with E-state index >= 15 is 0 Å². The second-order valence-corrected chi connectivity index (χ2v) is 22.1. The molecule has 0 spiro atoms. The first-order valence-corrected chi connectivity index (χ1v) is 22.8. The molecule has 0 aliphatic carbocycles. The van der Waals surface area contributed by atoms with Gasteiger partial charge in [0.2, 0.25) is 0 Å². The topological polar surface area (TPSA) is 87.2 Å². The van der Waals surface area contributed by atoms with Gasteiger partial charge in [0.15, 0.2) is 0 Å². The predicted octanol–water partition coefficient (Wildman–Crippen LogP) is 2.43. The monoisotopic (exact) mass is 556 g/mol. The van der Waals surface area contributed by atoms with Crippen LogP contribution in [0.1, 0.15) is 0 Å². The van der Waals surface area contributed by atoms with E-state index in [0.29, 0.717) is 0 Å². The Labute approximate surface area is 160 Å². The maximum atomic E-state index is 4.14. The van der Waals surface area contributed by atoms with Crippen molar-refractivity contribution in [3.63, 3.8) is 0 Å². The van der Waals surface area contributed by atoms with Crippen molar-refractivity contribution >= 4 is 16.5 Å². The molecule has 2 aromatic heterocycles. The Morgan fingerprint density at radius 3 is 1.52 bits per heavy atom. The Balaban J connectivity index is 1.45. The van der Waals surface area contributed by atoms with Gasteiger partial charge in [-0.15, -0.1) is 0 Å². The van der Waals surface area contributed by atoms with E-state index in [-0.39, 0.29) is 0 Å². The third kappa shape index (κ3) is 3.91. The Hall–Kier alpha value is -1.78. The van der Waals surface area contributed by atoms with Crippen molar-refractivity contribution in [2.24, 2.45) is 0 Å². The molecule has 0 fully saturated rings. The molecule has 11 heteroatoms. The van der Waals surface area contributed by atoms with Gasteiger partial charge in [0, 0.05) is 0 Å². The summed E-state index contributed by atoms with van der Waals surface area (Å²) in [5.74, 6) is 0. The maximum absolute atomic E-state index is 4.14. The van der Waals surface area contributed by atoms with Crippen molar-refractivity contribution < 1.29 is 21.5 Å². The molecule has 120 valence electrons. The third-order valence-electron chi connectivity index (χ3n) is 3.26. The van der Waals surface area contributed by atoms with Crippen molar-refractivity contribution in [1.29, 1.82) is 0 Å². The van der Waals surface area contributed by atoms with Gasteiger partial charge < -0.3 is 0 Å². The zero-order valence-electron chi connectivity index (χ0n) is 12.9. The molecular weight excluding hydrogens is 545 g/mol. The summed E-state index contributed by atoms with van der Waals surface area (Å²) in [6.45, 7) is 0. The molecule has 0 amide bonds. The number of benzene rings is 2. The van der Waals surface area contributed by atoms with Crippen LogP contribution in [0.15, 0.2) is 71.0 Å². The van der Waals surface area contributed by atoms with Crippen LogP contribution in [-0.2, 0) is 21.5 Å². The van der Waals surface area contributed by atoms with Crippen LogP contribution in [-0.4, -0.2) is 40.4 Å². The van der Waals surface area contributed by atoms with E-state index in [9.17, 15) is 0 Å². The van der Waals surface area contributed by atoms with Gasteiger partial charge in [0.1, 0.15) is 0 Å². The van der Waals surface area contributed by atoms with E-state index in [1.807, 2.05) is 60.7 Å². The van der Waals surface area contributed by atoms with Gasteiger partial charge in [-0.2, -0.15) is 0 Å². The van der Waals surface area contributed by atoms with Gasteiger partial charge in [-0.25, -0.2) is 0 Å². The van der Waals surface area contributed by atoms with E-state index in [4.69, 9.17) is 0 Å². The van der Waals surface area contributed by atoms with Gasteiger partial charge in [0.25, 0.3) is 0 Å². The first kappa shape index (κ1) is 16.7. The summed E-state index contributed by atoms with van der Waals surface area (Å²) < 4.78 is 3.54. The van der Waals surface area contributed by atoms with Gasteiger partial charge in [-0.3, -0.25) is 0 Å². The molecule has 0 atom stereocenters. The van der Waals surface area contributed by atoms with Crippen LogP contribution in [0.25, 0.3) is 11.4 Å². The number of aromatic nitrogens is 8. The Kier molecular flexibility index (Phi) is 5.38. The Bertz CT molecular complexity index is 866. The summed E-state index contributed by atoms with van der Waals surface area (Å²) in [6.07, 6.45) is 0. The zero-order valence-corrected chi connectivity index (χ0v) is 20.0. The summed E-state index contributed by atoms with van der Waals surface area (Å²) in [7, 11) is 3.51. The minimum absolute atomic E-state index is 0.819. The molecule has 0 radical (unpaired) electrons. The average molecular weight is 555 g/mol. The molecule has 8 nitrogen and oxygen atoms in total. The molecule has 0 aliphatic rings. The normalized spacial score (nSPS) is 10.6. The van der Waals surface area contributed by atoms with Crippen LogP contribution in [0.5, 0.6) is 0 Å². The first-order valence-electron chi connectivity index (χ1n) is 7.35. The van der Waals surface area contributed by atoms with Crippen LogP contribution in [0.3, 0.4) is 0 Å². The van der Waals surface area contributed by atoms with Crippen LogP contribution >= 0.6 is 16.5 Å². The van der Waals surface area contributed by atoms with Gasteiger partial charge in [-0.1, -0.05) is 0 Å². The fourth-order valence-corrected chi connectivity index (χ4v) is 17.6. The van der Waals surface area contributed by atoms with Gasteiger partial charge >= 0.3 is 161 Å². The standard InChI is InChI=1S/2C7H6N4S.Hg/c2*12-7-8-9-10-11(7)6-4-2-1-3-5-6;/h2*1-5H,(H,8,10,12);/q;;+2/p-2. The summed E-state index contributed by atoms with van der Waals surface area (Å²) in [5, 5.41) is 25.7. The zero-order chi connectivity index (χ0) is 16.9. The van der Waals surface area contributed by atoms with E-state index in [1.54, 1.807) is 25.8 Å². The van der Waals surface area contributed by atoms with Crippen LogP contribution in [0, 0.1) is 0 Å². The van der Waals surface area contributed by atoms with Crippen molar-refractivity contribution in [2.75, 3.05) is 0 Å². The molecule has 25 heavy (non-hydrogen) atoms. The number of rotatable bonds is 6. The average Bonchev–Trinajstić information content (AvgIpc) is 3.33. The number of hydrogen-bond acceptors (Lipinski definition) is 8. The van der Waals surface area contributed by atoms with Crippen LogP contribution < -0.4 is 0 Å². The fourth-order valence-electron chi connectivity index (χ4n) is 2.14. The molecule has 0 N–H and O–H groups in total. The van der Waals surface area contributed by atoms with Crippen molar-refractivity contribution in [3.05, 3.63) is 60.7 Å². The second-order valence-electron chi connectivity index (χ2n) is 4.82. The Morgan fingerprint density at radius 1 is 0.640 bits per heavy atom. The minimum atomic E-state index is -1.48. The molecular formula is C14H10HgN8S2. The SMILES string of the molecule is c1ccc(-n2nnnc2[S][Hg][S]c2nnnn2-c2ccccc2)cc1. The quantitative estimate of drug-likeness (QED) is 0.336. The van der Waals surface area contributed by atoms with Crippen LogP contribution in [0.2, 0.25) is 0 Å². The number of hydrogen-bond donors (Lipinski definition) is 0. The van der Waals surface area contributed by atoms with Gasteiger partial charge in [0.05, 0.1) is 0 Å². The fraction of sp³-hybridized carbons (Fsp3) is 0. The molecule has 0 saturated carbocycles. The predicted molar refractivity (Wildman–Crippen MR) is 90.0 cm³/mol. The van der Waals surface area contributed by atoms with E-state index in [2.05, 4.69) is 31.1 Å². The number of nitrogens with zero attached hydrogens (tertiary/aromatic N) is 8. The summed E-state index contributed by atoms with van der Waals surface area (Å²) >= 11 is -1.48. The molecule has 2 heterocycles. The molecule has 4 rings (SSSR count). The molecule has 0 aliphatic heterocycles. The van der Waals surface area contributed by atoms with Crippen molar-refractivity contribution in [2.45, 2.75) is 10.3 Å². The van der Waals surface area contributed by atoms with Gasteiger partial charge in [-0.05, 0) is 0 Å². The summed E-state index contributed by atoms with van der Waals surface area (Å²) in [6, 6.07) is 19.8. The molecule has 0 bridgehead atoms. The summed E-state index contributed by atoms with van der Waals surface area (Å²) in [5.41, 5.74) is 1.92. The molecule has 4 aromatic rings. The number of tetrazole rings is 2. The third-order valence-corrected chi connectivity index (χ3v) is 19.5. The second kappa shape index (κ2) is 8.06. The molecule has 0 saturated heterocycles. The van der Waals surface area contributed by atoms with E-state index in [0.717, 1.165) is 21.7 Å². The van der Waals surface area contributed by atoms with E-state index < -0.39 is 21.5 Å². The Morgan fingerprint density at radius 2 is 1.08 bits per heavy atom. The molecule has 0 unspecified atom stereocenters. The van der Waals surface area contributed by atoms with Crippen molar-refractivity contribution in [1.82, 2.24) is 40.4 Å². The number of para-hydroxylation sites is 2. The summed E-state index contributed by atoms with van der Waals surface area (Å²) in [4.78, 5) is 0. The van der Waals surface area contributed by atoms with E-state index in [1.165, 1.54) is 0 Å². The first-order chi connectivity index (χ1) is 12.4. The van der Waals surface area contributed by atoms with Crippen molar-refractivity contribution in [3.8, 4) is 11.4 Å². The molecule has 2 aromatic carbocycles.